The van der Waals surface area contributed by atoms with Crippen LogP contribution in [0.1, 0.15) is 10.4 Å². The first-order valence-corrected chi connectivity index (χ1v) is 5.44. The molecule has 0 aliphatic heterocycles. The zero-order chi connectivity index (χ0) is 12.9. The molecule has 0 radical (unpaired) electrons. The SMILES string of the molecule is O=C(O)c1cnc(Cl)c2c1[nH]c1ccc(F)cc12. The number of fused-ring (bicyclic) bond motifs is 3. The van der Waals surface area contributed by atoms with Crippen LogP contribution in [0.5, 0.6) is 0 Å². The highest BCUT2D eigenvalue weighted by Gasteiger charge is 2.16. The molecule has 90 valence electrons. The number of pyridine rings is 1. The van der Waals surface area contributed by atoms with Crippen LogP contribution in [-0.2, 0) is 0 Å². The molecule has 18 heavy (non-hydrogen) atoms. The number of halogens is 2. The third-order valence-electron chi connectivity index (χ3n) is 2.77. The molecule has 1 aromatic carbocycles. The van der Waals surface area contributed by atoms with Crippen molar-refractivity contribution in [3.05, 3.63) is 40.9 Å². The lowest BCUT2D eigenvalue weighted by atomic mass is 10.1. The van der Waals surface area contributed by atoms with E-state index in [9.17, 15) is 9.18 Å². The Morgan fingerprint density at radius 2 is 2.22 bits per heavy atom. The van der Waals surface area contributed by atoms with Gasteiger partial charge in [-0.05, 0) is 18.2 Å². The highest BCUT2D eigenvalue weighted by molar-refractivity contribution is 6.37. The van der Waals surface area contributed by atoms with Crippen LogP contribution < -0.4 is 0 Å². The zero-order valence-electron chi connectivity index (χ0n) is 8.87. The Morgan fingerprint density at radius 1 is 1.44 bits per heavy atom. The average Bonchev–Trinajstić information content (AvgIpc) is 2.68. The molecule has 2 aromatic heterocycles. The lowest BCUT2D eigenvalue weighted by Gasteiger charge is -1.98. The van der Waals surface area contributed by atoms with E-state index in [1.54, 1.807) is 0 Å². The van der Waals surface area contributed by atoms with Gasteiger partial charge in [-0.25, -0.2) is 14.2 Å². The van der Waals surface area contributed by atoms with Crippen LogP contribution in [-0.4, -0.2) is 21.0 Å². The minimum absolute atomic E-state index is 0.00556. The number of benzene rings is 1. The maximum Gasteiger partial charge on any atom is 0.339 e. The quantitative estimate of drug-likeness (QED) is 0.663. The van der Waals surface area contributed by atoms with Crippen molar-refractivity contribution in [3.63, 3.8) is 0 Å². The summed E-state index contributed by atoms with van der Waals surface area (Å²) in [4.78, 5) is 17.8. The monoisotopic (exact) mass is 264 g/mol. The number of aromatic nitrogens is 2. The predicted octanol–water partition coefficient (Wildman–Crippen LogP) is 3.21. The number of hydrogen-bond acceptors (Lipinski definition) is 2. The van der Waals surface area contributed by atoms with Crippen LogP contribution >= 0.6 is 11.6 Å². The Bertz CT molecular complexity index is 797. The molecular weight excluding hydrogens is 259 g/mol. The molecule has 0 aliphatic carbocycles. The third-order valence-corrected chi connectivity index (χ3v) is 3.06. The number of H-pyrrole nitrogens is 1. The minimum atomic E-state index is -1.11. The van der Waals surface area contributed by atoms with E-state index in [1.165, 1.54) is 24.4 Å². The van der Waals surface area contributed by atoms with Crippen molar-refractivity contribution in [2.24, 2.45) is 0 Å². The summed E-state index contributed by atoms with van der Waals surface area (Å²) in [6, 6.07) is 4.12. The van der Waals surface area contributed by atoms with E-state index < -0.39 is 11.8 Å². The van der Waals surface area contributed by atoms with Gasteiger partial charge in [-0.3, -0.25) is 0 Å². The first kappa shape index (κ1) is 11.0. The molecule has 3 aromatic rings. The summed E-state index contributed by atoms with van der Waals surface area (Å²) in [5.74, 6) is -1.53. The summed E-state index contributed by atoms with van der Waals surface area (Å²) in [5.41, 5.74) is 0.970. The van der Waals surface area contributed by atoms with Gasteiger partial charge in [0.1, 0.15) is 16.5 Å². The molecular formula is C12H6ClFN2O2. The molecule has 0 atom stereocenters. The van der Waals surface area contributed by atoms with Crippen LogP contribution in [0, 0.1) is 5.82 Å². The lowest BCUT2D eigenvalue weighted by molar-refractivity contribution is 0.0698. The fourth-order valence-electron chi connectivity index (χ4n) is 1.99. The molecule has 3 rings (SSSR count). The zero-order valence-corrected chi connectivity index (χ0v) is 9.62. The fourth-order valence-corrected chi connectivity index (χ4v) is 2.24. The van der Waals surface area contributed by atoms with Crippen molar-refractivity contribution >= 4 is 39.4 Å². The molecule has 0 aliphatic rings. The van der Waals surface area contributed by atoms with Crippen LogP contribution in [0.15, 0.2) is 24.4 Å². The van der Waals surface area contributed by atoms with Crippen LogP contribution in [0.25, 0.3) is 21.8 Å². The van der Waals surface area contributed by atoms with Crippen molar-refractivity contribution in [2.75, 3.05) is 0 Å². The van der Waals surface area contributed by atoms with Crippen molar-refractivity contribution in [3.8, 4) is 0 Å². The van der Waals surface area contributed by atoms with Gasteiger partial charge in [0, 0.05) is 22.5 Å². The second kappa shape index (κ2) is 3.68. The number of aromatic amines is 1. The minimum Gasteiger partial charge on any atom is -0.478 e. The van der Waals surface area contributed by atoms with Gasteiger partial charge in [0.15, 0.2) is 0 Å². The van der Waals surface area contributed by atoms with Gasteiger partial charge in [-0.15, -0.1) is 0 Å². The summed E-state index contributed by atoms with van der Waals surface area (Å²) < 4.78 is 13.2. The van der Waals surface area contributed by atoms with Gasteiger partial charge in [0.05, 0.1) is 5.52 Å². The van der Waals surface area contributed by atoms with Crippen LogP contribution in [0.4, 0.5) is 4.39 Å². The van der Waals surface area contributed by atoms with Gasteiger partial charge in [0.25, 0.3) is 0 Å². The molecule has 0 unspecified atom stereocenters. The number of nitrogens with one attached hydrogen (secondary N) is 1. The molecule has 0 spiro atoms. The van der Waals surface area contributed by atoms with Crippen LogP contribution in [0.2, 0.25) is 5.15 Å². The number of carboxylic acid groups (broad SMARTS) is 1. The lowest BCUT2D eigenvalue weighted by Crippen LogP contribution is -1.98. The van der Waals surface area contributed by atoms with Crippen molar-refractivity contribution in [1.29, 1.82) is 0 Å². The number of carbonyl (C=O) groups is 1. The fraction of sp³-hybridized carbons (Fsp3) is 0. The molecule has 0 bridgehead atoms. The molecule has 2 heterocycles. The van der Waals surface area contributed by atoms with Crippen molar-refractivity contribution < 1.29 is 14.3 Å². The molecule has 0 saturated carbocycles. The number of hydrogen-bond donors (Lipinski definition) is 2. The topological polar surface area (TPSA) is 66.0 Å². The van der Waals surface area contributed by atoms with Gasteiger partial charge >= 0.3 is 5.97 Å². The smallest absolute Gasteiger partial charge is 0.339 e. The first-order valence-electron chi connectivity index (χ1n) is 5.06. The highest BCUT2D eigenvalue weighted by Crippen LogP contribution is 2.32. The Labute approximate surface area is 105 Å². The first-order chi connectivity index (χ1) is 8.58. The van der Waals surface area contributed by atoms with E-state index in [-0.39, 0.29) is 10.7 Å². The van der Waals surface area contributed by atoms with E-state index in [1.807, 2.05) is 0 Å². The summed E-state index contributed by atoms with van der Waals surface area (Å²) in [6.07, 6.45) is 1.18. The van der Waals surface area contributed by atoms with Crippen LogP contribution in [0.3, 0.4) is 0 Å². The van der Waals surface area contributed by atoms with E-state index >= 15 is 0 Å². The number of nitrogens with zero attached hydrogens (tertiary/aromatic N) is 1. The van der Waals surface area contributed by atoms with E-state index in [0.29, 0.717) is 21.8 Å². The third kappa shape index (κ3) is 1.44. The Kier molecular flexibility index (Phi) is 2.24. The molecule has 2 N–H and O–H groups in total. The highest BCUT2D eigenvalue weighted by atomic mass is 35.5. The number of rotatable bonds is 1. The average molecular weight is 265 g/mol. The molecule has 0 amide bonds. The molecule has 0 fully saturated rings. The van der Waals surface area contributed by atoms with Gasteiger partial charge < -0.3 is 10.1 Å². The van der Waals surface area contributed by atoms with Gasteiger partial charge in [0.2, 0.25) is 0 Å². The normalized spacial score (nSPS) is 11.2. The van der Waals surface area contributed by atoms with Crippen molar-refractivity contribution in [2.45, 2.75) is 0 Å². The van der Waals surface area contributed by atoms with E-state index in [2.05, 4.69) is 9.97 Å². The Hall–Kier alpha value is -2.14. The summed E-state index contributed by atoms with van der Waals surface area (Å²) >= 11 is 5.96. The number of carboxylic acids is 1. The Morgan fingerprint density at radius 3 is 2.94 bits per heavy atom. The maximum absolute atomic E-state index is 13.2. The Balaban J connectivity index is 2.56. The second-order valence-corrected chi connectivity index (χ2v) is 4.19. The summed E-state index contributed by atoms with van der Waals surface area (Å²) in [6.45, 7) is 0. The molecule has 6 heteroatoms. The van der Waals surface area contributed by atoms with Gasteiger partial charge in [-0.2, -0.15) is 0 Å². The predicted molar refractivity (Wildman–Crippen MR) is 65.5 cm³/mol. The molecule has 4 nitrogen and oxygen atoms in total. The van der Waals surface area contributed by atoms with Crippen molar-refractivity contribution in [1.82, 2.24) is 9.97 Å². The maximum atomic E-state index is 13.2. The largest absolute Gasteiger partial charge is 0.478 e. The summed E-state index contributed by atoms with van der Waals surface area (Å²) in [7, 11) is 0. The molecule has 0 saturated heterocycles. The number of aromatic carboxylic acids is 1. The van der Waals surface area contributed by atoms with E-state index in [4.69, 9.17) is 16.7 Å². The second-order valence-electron chi connectivity index (χ2n) is 3.83. The van der Waals surface area contributed by atoms with Gasteiger partial charge in [-0.1, -0.05) is 11.6 Å². The summed E-state index contributed by atoms with van der Waals surface area (Å²) in [5, 5.41) is 10.2. The van der Waals surface area contributed by atoms with E-state index in [0.717, 1.165) is 0 Å². The standard InChI is InChI=1S/C12H6ClFN2O2/c13-11-9-6-3-5(14)1-2-8(6)16-10(9)7(4-15-11)12(17)18/h1-4,16H,(H,17,18).